The lowest BCUT2D eigenvalue weighted by Gasteiger charge is -2.21. The zero-order chi connectivity index (χ0) is 25.8. The molecule has 2 aromatic carbocycles. The molecule has 1 aliphatic rings. The Bertz CT molecular complexity index is 1300. The number of aromatic hydroxyl groups is 2. The quantitative estimate of drug-likeness (QED) is 0.309. The predicted molar refractivity (Wildman–Crippen MR) is 126 cm³/mol. The highest BCUT2D eigenvalue weighted by molar-refractivity contribution is 6.11. The summed E-state index contributed by atoms with van der Waals surface area (Å²) in [5.74, 6) is -3.46. The average Bonchev–Trinajstić information content (AvgIpc) is 3.30. The number of nitrogens with one attached hydrogen (secondary N) is 3. The zero-order valence-corrected chi connectivity index (χ0v) is 19.1. The Kier molecular flexibility index (Phi) is 7.11. The average molecular weight is 494 g/mol. The fourth-order valence-electron chi connectivity index (χ4n) is 3.84. The summed E-state index contributed by atoms with van der Waals surface area (Å²) in [5.41, 5.74) is 0.0697. The van der Waals surface area contributed by atoms with Crippen molar-refractivity contribution >= 4 is 17.6 Å². The van der Waals surface area contributed by atoms with Gasteiger partial charge in [-0.05, 0) is 30.3 Å². The molecule has 10 nitrogen and oxygen atoms in total. The van der Waals surface area contributed by atoms with Crippen molar-refractivity contribution in [3.63, 3.8) is 0 Å². The van der Waals surface area contributed by atoms with Crippen LogP contribution in [0.5, 0.6) is 17.4 Å². The zero-order valence-electron chi connectivity index (χ0n) is 19.1. The molecule has 0 spiro atoms. The van der Waals surface area contributed by atoms with E-state index < -0.39 is 46.8 Å². The Labute approximate surface area is 205 Å². The van der Waals surface area contributed by atoms with Crippen LogP contribution in [0.25, 0.3) is 0 Å². The number of ether oxygens (including phenoxy) is 1. The minimum atomic E-state index is -0.978. The highest BCUT2D eigenvalue weighted by Crippen LogP contribution is 2.30. The van der Waals surface area contributed by atoms with E-state index in [4.69, 9.17) is 4.74 Å². The van der Waals surface area contributed by atoms with Crippen LogP contribution in [0.3, 0.4) is 0 Å². The Hall–Kier alpha value is -4.51. The summed E-state index contributed by atoms with van der Waals surface area (Å²) in [6, 6.07) is 9.87. The van der Waals surface area contributed by atoms with E-state index in [1.165, 1.54) is 61.8 Å². The predicted octanol–water partition coefficient (Wildman–Crippen LogP) is 1.37. The first-order valence-corrected chi connectivity index (χ1v) is 11.0. The summed E-state index contributed by atoms with van der Waals surface area (Å²) in [4.78, 5) is 41.7. The molecule has 11 heteroatoms. The van der Waals surface area contributed by atoms with Gasteiger partial charge in [0, 0.05) is 36.5 Å². The third-order valence-corrected chi connectivity index (χ3v) is 5.80. The van der Waals surface area contributed by atoms with Crippen LogP contribution in [0.4, 0.5) is 4.39 Å². The fraction of sp³-hybridized carbons (Fsp3) is 0.200. The molecule has 36 heavy (non-hydrogen) atoms. The van der Waals surface area contributed by atoms with E-state index in [9.17, 15) is 29.0 Å². The van der Waals surface area contributed by atoms with Crippen LogP contribution in [0.1, 0.15) is 36.6 Å². The lowest BCUT2D eigenvalue weighted by Crippen LogP contribution is -2.51. The van der Waals surface area contributed by atoms with Crippen molar-refractivity contribution in [2.45, 2.75) is 12.1 Å². The first kappa shape index (κ1) is 24.6. The molecule has 0 bridgehead atoms. The molecule has 2 atom stereocenters. The molecule has 186 valence electrons. The minimum absolute atomic E-state index is 0.0733. The van der Waals surface area contributed by atoms with E-state index in [2.05, 4.69) is 20.9 Å². The van der Waals surface area contributed by atoms with Gasteiger partial charge in [0.25, 0.3) is 11.8 Å². The molecule has 2 amide bonds. The summed E-state index contributed by atoms with van der Waals surface area (Å²) in [6.07, 6.45) is 1.25. The van der Waals surface area contributed by atoms with Crippen LogP contribution in [0.15, 0.2) is 54.7 Å². The monoisotopic (exact) mass is 494 g/mol. The summed E-state index contributed by atoms with van der Waals surface area (Å²) in [7, 11) is 1.25. The molecule has 1 aromatic heterocycles. The van der Waals surface area contributed by atoms with Gasteiger partial charge in [-0.15, -0.1) is 0 Å². The van der Waals surface area contributed by atoms with Crippen LogP contribution >= 0.6 is 0 Å². The van der Waals surface area contributed by atoms with Gasteiger partial charge in [0.15, 0.2) is 17.3 Å². The Morgan fingerprint density at radius 1 is 0.917 bits per heavy atom. The van der Waals surface area contributed by atoms with Crippen molar-refractivity contribution in [2.75, 3.05) is 20.2 Å². The Morgan fingerprint density at radius 2 is 1.50 bits per heavy atom. The number of hydrogen-bond donors (Lipinski definition) is 5. The number of phenols is 1. The lowest BCUT2D eigenvalue weighted by molar-refractivity contribution is 0.0896. The van der Waals surface area contributed by atoms with E-state index in [-0.39, 0.29) is 28.3 Å². The summed E-state index contributed by atoms with van der Waals surface area (Å²) < 4.78 is 19.4. The van der Waals surface area contributed by atoms with Gasteiger partial charge in [0.1, 0.15) is 11.3 Å². The maximum Gasteiger partial charge on any atom is 0.253 e. The maximum absolute atomic E-state index is 14.5. The lowest BCUT2D eigenvalue weighted by atomic mass is 10.00. The molecule has 1 saturated heterocycles. The van der Waals surface area contributed by atoms with Crippen LogP contribution in [0, 0.1) is 5.82 Å². The summed E-state index contributed by atoms with van der Waals surface area (Å²) in [5, 5.41) is 28.0. The molecule has 4 rings (SSSR count). The molecule has 1 fully saturated rings. The second kappa shape index (κ2) is 10.4. The van der Waals surface area contributed by atoms with Gasteiger partial charge in [0.05, 0.1) is 24.8 Å². The van der Waals surface area contributed by atoms with E-state index in [1.54, 1.807) is 0 Å². The molecule has 2 heterocycles. The van der Waals surface area contributed by atoms with E-state index in [1.807, 2.05) is 0 Å². The minimum Gasteiger partial charge on any atom is -0.507 e. The third-order valence-electron chi connectivity index (χ3n) is 5.80. The van der Waals surface area contributed by atoms with Crippen molar-refractivity contribution in [3.8, 4) is 17.4 Å². The van der Waals surface area contributed by atoms with Gasteiger partial charge >= 0.3 is 0 Å². The van der Waals surface area contributed by atoms with E-state index >= 15 is 0 Å². The molecule has 1 unspecified atom stereocenters. The number of aromatic nitrogens is 1. The second-order valence-electron chi connectivity index (χ2n) is 8.11. The molecule has 5 N–H and O–H groups in total. The van der Waals surface area contributed by atoms with Crippen LogP contribution in [0.2, 0.25) is 0 Å². The number of amides is 2. The maximum atomic E-state index is 14.5. The number of phenolic OH excluding ortho intramolecular Hbond substituents is 1. The van der Waals surface area contributed by atoms with E-state index in [0.29, 0.717) is 13.1 Å². The molecule has 0 aliphatic carbocycles. The fourth-order valence-corrected chi connectivity index (χ4v) is 3.84. The first-order valence-electron chi connectivity index (χ1n) is 11.0. The highest BCUT2D eigenvalue weighted by atomic mass is 19.1. The summed E-state index contributed by atoms with van der Waals surface area (Å²) in [6.45, 7) is 0.862. The van der Waals surface area contributed by atoms with Gasteiger partial charge in [-0.1, -0.05) is 12.1 Å². The van der Waals surface area contributed by atoms with Gasteiger partial charge in [-0.3, -0.25) is 14.4 Å². The second-order valence-corrected chi connectivity index (χ2v) is 8.11. The summed E-state index contributed by atoms with van der Waals surface area (Å²) >= 11 is 0. The van der Waals surface area contributed by atoms with Crippen molar-refractivity contribution in [3.05, 3.63) is 82.8 Å². The smallest absolute Gasteiger partial charge is 0.253 e. The standard InChI is InChI=1S/C25H23FN4O6/c1-36-19-8-7-18(31)21(22(19)26)23(33)13-2-4-14(5-3-13)24(34)29-16-11-27-12-17(16)30-25(35)15-6-9-20(32)28-10-15/h2-10,16-17,27,31H,11-12H2,1H3,(H,28,32)(H,29,34)(H,30,35)/t16?,17-/m1/s1. The van der Waals surface area contributed by atoms with Crippen molar-refractivity contribution in [1.82, 2.24) is 20.9 Å². The molecular formula is C25H23FN4O6. The van der Waals surface area contributed by atoms with Gasteiger partial charge in [-0.25, -0.2) is 9.37 Å². The van der Waals surface area contributed by atoms with Crippen molar-refractivity contribution < 1.29 is 33.7 Å². The van der Waals surface area contributed by atoms with E-state index in [0.717, 1.165) is 0 Å². The SMILES string of the molecule is COc1ccc(O)c(C(=O)c2ccc(C(=O)NC3CNC[C@H]3NC(=O)c3ccc(O)nc3)cc2)c1F. The largest absolute Gasteiger partial charge is 0.507 e. The number of carbonyl (C=O) groups is 3. The number of nitrogens with zero attached hydrogens (tertiary/aromatic N) is 1. The number of halogens is 1. The number of benzene rings is 2. The molecule has 0 radical (unpaired) electrons. The van der Waals surface area contributed by atoms with Gasteiger partial charge < -0.3 is 30.9 Å². The number of carbonyl (C=O) groups excluding carboxylic acids is 3. The van der Waals surface area contributed by atoms with Crippen LogP contribution in [-0.4, -0.2) is 65.1 Å². The van der Waals surface area contributed by atoms with Gasteiger partial charge in [0.2, 0.25) is 5.88 Å². The van der Waals surface area contributed by atoms with Gasteiger partial charge in [-0.2, -0.15) is 0 Å². The normalized spacial score (nSPS) is 16.8. The van der Waals surface area contributed by atoms with Crippen LogP contribution < -0.4 is 20.7 Å². The Balaban J connectivity index is 1.42. The number of methoxy groups -OCH3 is 1. The van der Waals surface area contributed by atoms with Crippen molar-refractivity contribution in [1.29, 1.82) is 0 Å². The molecule has 0 saturated carbocycles. The molecular weight excluding hydrogens is 471 g/mol. The first-order chi connectivity index (χ1) is 17.3. The Morgan fingerprint density at radius 3 is 2.08 bits per heavy atom. The number of pyridine rings is 1. The number of rotatable bonds is 7. The van der Waals surface area contributed by atoms with Crippen LogP contribution in [-0.2, 0) is 0 Å². The van der Waals surface area contributed by atoms with Crippen molar-refractivity contribution in [2.24, 2.45) is 0 Å². The number of ketones is 1. The number of hydrogen-bond acceptors (Lipinski definition) is 8. The topological polar surface area (TPSA) is 150 Å². The third kappa shape index (κ3) is 5.10. The molecule has 1 aliphatic heterocycles. The highest BCUT2D eigenvalue weighted by Gasteiger charge is 2.30. The molecule has 3 aromatic rings.